The van der Waals surface area contributed by atoms with E-state index in [4.69, 9.17) is 0 Å². The minimum Gasteiger partial charge on any atom is -0.359 e. The molecule has 2 heteroatoms. The molecule has 5 unspecified atom stereocenters. The van der Waals surface area contributed by atoms with Crippen LogP contribution in [0.15, 0.2) is 175 Å². The first kappa shape index (κ1) is 56.6. The summed E-state index contributed by atoms with van der Waals surface area (Å²) in [5.74, 6) is 2.81. The van der Waals surface area contributed by atoms with E-state index in [0.29, 0.717) is 23.2 Å². The lowest BCUT2D eigenvalue weighted by Gasteiger charge is -2.49. The van der Waals surface area contributed by atoms with Crippen LogP contribution in [-0.2, 0) is 0 Å². The minimum atomic E-state index is 0.107. The van der Waals surface area contributed by atoms with Gasteiger partial charge in [-0.15, -0.1) is 0 Å². The standard InChI is InChI=1S/C77H106N2/c1-7-11-13-21-51-77(52-22-14-12-8-2)73-54-67(78-66-23-17-15-18-24-66)45-49-71(73)72-50-48-70(55-74(72)77)79(68-25-19-16-20-26-68)69-46-36-59(37-47-69)58-33-42-64(43-34-58)76(6,65-44-35-60-27-28-61(60)53-65)63-40-31-57(32-41-63)56-29-38-62(39-30-56)75(5,9-3)10-4/h17,19,23-26,29,31,33,35,42,44,46,54-55,59,62-63,65,78H,7-16,18,20-22,27-28,30,32,34,36-41,43,45,47-53H2,1-6H3. The monoisotopic (exact) mass is 1060 g/mol. The van der Waals surface area contributed by atoms with Gasteiger partial charge in [-0.05, 0) is 252 Å². The van der Waals surface area contributed by atoms with Gasteiger partial charge < -0.3 is 10.2 Å². The molecule has 0 bridgehead atoms. The molecule has 0 aromatic heterocycles. The van der Waals surface area contributed by atoms with E-state index in [9.17, 15) is 0 Å². The van der Waals surface area contributed by atoms with Crippen LogP contribution in [0, 0.1) is 39.9 Å². The summed E-state index contributed by atoms with van der Waals surface area (Å²) in [5, 5.41) is 3.96. The summed E-state index contributed by atoms with van der Waals surface area (Å²) >= 11 is 0. The zero-order chi connectivity index (χ0) is 54.4. The van der Waals surface area contributed by atoms with Crippen molar-refractivity contribution in [2.24, 2.45) is 39.9 Å². The predicted molar refractivity (Wildman–Crippen MR) is 339 cm³/mol. The van der Waals surface area contributed by atoms with Crippen molar-refractivity contribution in [1.82, 2.24) is 10.2 Å². The molecule has 0 saturated heterocycles. The van der Waals surface area contributed by atoms with Gasteiger partial charge in [0.1, 0.15) is 0 Å². The van der Waals surface area contributed by atoms with Crippen LogP contribution in [-0.4, -0.2) is 4.90 Å². The lowest BCUT2D eigenvalue weighted by molar-refractivity contribution is 0.143. The van der Waals surface area contributed by atoms with E-state index >= 15 is 0 Å². The number of hydrogen-bond donors (Lipinski definition) is 1. The fourth-order valence-corrected chi connectivity index (χ4v) is 17.6. The second-order valence-electron chi connectivity index (χ2n) is 27.4. The molecule has 0 aromatic rings. The van der Waals surface area contributed by atoms with E-state index < -0.39 is 0 Å². The second kappa shape index (κ2) is 25.5. The van der Waals surface area contributed by atoms with Gasteiger partial charge in [0.05, 0.1) is 0 Å². The highest BCUT2D eigenvalue weighted by atomic mass is 15.2. The van der Waals surface area contributed by atoms with Gasteiger partial charge in [-0.2, -0.15) is 0 Å². The zero-order valence-electron chi connectivity index (χ0n) is 51.0. The summed E-state index contributed by atoms with van der Waals surface area (Å²) in [7, 11) is 0. The molecule has 2 nitrogen and oxygen atoms in total. The first-order chi connectivity index (χ1) is 38.7. The Balaban J connectivity index is 0.847. The molecule has 1 N–H and O–H groups in total. The lowest BCUT2D eigenvalue weighted by atomic mass is 9.55. The minimum absolute atomic E-state index is 0.107. The second-order valence-corrected chi connectivity index (χ2v) is 27.4. The SMILES string of the molecule is CCCCCCC1(CCCCCC)C2=C(CCC(NC3=CCCC=C3)=C2)C2=C1C=C(N(C1=CCCC=C1)C1=CCC(C3=CC=C(C(C)(C4C=CC5=C(CC5)C4)C4CC=C(C5=CCC(C(C)(CC)CC)CC5)CC4)CC3)CC1)CC2. The summed E-state index contributed by atoms with van der Waals surface area (Å²) in [6.45, 7) is 14.9. The van der Waals surface area contributed by atoms with Crippen LogP contribution >= 0.6 is 0 Å². The van der Waals surface area contributed by atoms with Crippen molar-refractivity contribution in [3.63, 3.8) is 0 Å². The normalized spacial score (nSPS) is 27.4. The number of rotatable bonds is 23. The maximum atomic E-state index is 3.96. The Morgan fingerprint density at radius 2 is 1.29 bits per heavy atom. The van der Waals surface area contributed by atoms with E-state index in [-0.39, 0.29) is 10.8 Å². The highest BCUT2D eigenvalue weighted by Gasteiger charge is 2.48. The maximum Gasteiger partial charge on any atom is 0.0412 e. The number of fused-ring (bicyclic) bond motifs is 1. The van der Waals surface area contributed by atoms with Crippen molar-refractivity contribution in [1.29, 1.82) is 0 Å². The number of unbranched alkanes of at least 4 members (excludes halogenated alkanes) is 6. The highest BCUT2D eigenvalue weighted by molar-refractivity contribution is 5.64. The molecular weight excluding hydrogens is 953 g/mol. The van der Waals surface area contributed by atoms with Crippen molar-refractivity contribution in [2.45, 2.75) is 260 Å². The first-order valence-corrected chi connectivity index (χ1v) is 33.7. The Morgan fingerprint density at radius 3 is 1.87 bits per heavy atom. The summed E-state index contributed by atoms with van der Waals surface area (Å²) in [6.07, 6.45) is 81.8. The lowest BCUT2D eigenvalue weighted by Crippen LogP contribution is -2.39. The van der Waals surface area contributed by atoms with Gasteiger partial charge in [-0.25, -0.2) is 0 Å². The Labute approximate surface area is 482 Å². The fraction of sp³-hybridized carbons (Fsp3) is 0.610. The van der Waals surface area contributed by atoms with Gasteiger partial charge in [0.25, 0.3) is 0 Å². The van der Waals surface area contributed by atoms with Crippen molar-refractivity contribution in [2.75, 3.05) is 0 Å². The number of nitrogens with one attached hydrogen (secondary N) is 1. The third-order valence-electron chi connectivity index (χ3n) is 23.4. The number of allylic oxidation sites excluding steroid dienone is 28. The van der Waals surface area contributed by atoms with Crippen LogP contribution in [0.4, 0.5) is 0 Å². The molecule has 0 amide bonds. The molecule has 0 aliphatic heterocycles. The molecule has 11 aliphatic carbocycles. The predicted octanol–water partition coefficient (Wildman–Crippen LogP) is 22.5. The first-order valence-electron chi connectivity index (χ1n) is 33.7. The molecule has 0 fully saturated rings. The van der Waals surface area contributed by atoms with Crippen molar-refractivity contribution >= 4 is 0 Å². The maximum absolute atomic E-state index is 3.96. The van der Waals surface area contributed by atoms with E-state index in [1.165, 1.54) is 190 Å². The molecule has 0 aromatic carbocycles. The molecule has 424 valence electrons. The van der Waals surface area contributed by atoms with Crippen LogP contribution in [0.5, 0.6) is 0 Å². The Bertz CT molecular complexity index is 2740. The molecular formula is C77H106N2. The fourth-order valence-electron chi connectivity index (χ4n) is 17.6. The molecule has 5 atom stereocenters. The molecule has 0 saturated carbocycles. The van der Waals surface area contributed by atoms with Gasteiger partial charge in [0, 0.05) is 33.9 Å². The van der Waals surface area contributed by atoms with Crippen LogP contribution in [0.3, 0.4) is 0 Å². The highest BCUT2D eigenvalue weighted by Crippen LogP contribution is 2.61. The molecule has 11 aliphatic rings. The van der Waals surface area contributed by atoms with Crippen molar-refractivity contribution < 1.29 is 0 Å². The van der Waals surface area contributed by atoms with E-state index in [1.807, 2.05) is 0 Å². The molecule has 0 heterocycles. The van der Waals surface area contributed by atoms with E-state index in [2.05, 4.69) is 143 Å². The van der Waals surface area contributed by atoms with Crippen LogP contribution in [0.2, 0.25) is 0 Å². The van der Waals surface area contributed by atoms with Gasteiger partial charge in [-0.3, -0.25) is 0 Å². The van der Waals surface area contributed by atoms with Crippen LogP contribution in [0.1, 0.15) is 260 Å². The van der Waals surface area contributed by atoms with Gasteiger partial charge in [-0.1, -0.05) is 189 Å². The smallest absolute Gasteiger partial charge is 0.0412 e. The molecule has 0 spiro atoms. The number of nitrogens with zero attached hydrogens (tertiary/aromatic N) is 1. The summed E-state index contributed by atoms with van der Waals surface area (Å²) in [6, 6.07) is 0. The Morgan fingerprint density at radius 1 is 0.582 bits per heavy atom. The Hall–Kier alpha value is -4.30. The van der Waals surface area contributed by atoms with Gasteiger partial charge in [0.15, 0.2) is 0 Å². The van der Waals surface area contributed by atoms with E-state index in [1.54, 1.807) is 67.1 Å². The quantitative estimate of drug-likeness (QED) is 0.103. The molecule has 79 heavy (non-hydrogen) atoms. The van der Waals surface area contributed by atoms with Crippen LogP contribution in [0.25, 0.3) is 0 Å². The summed E-state index contributed by atoms with van der Waals surface area (Å²) < 4.78 is 0. The summed E-state index contributed by atoms with van der Waals surface area (Å²) in [4.78, 5) is 2.82. The van der Waals surface area contributed by atoms with Gasteiger partial charge >= 0.3 is 0 Å². The topological polar surface area (TPSA) is 15.3 Å². The van der Waals surface area contributed by atoms with Crippen molar-refractivity contribution in [3.8, 4) is 0 Å². The largest absolute Gasteiger partial charge is 0.359 e. The van der Waals surface area contributed by atoms with Crippen molar-refractivity contribution in [3.05, 3.63) is 175 Å². The average molecular weight is 1060 g/mol. The third kappa shape index (κ3) is 11.7. The van der Waals surface area contributed by atoms with Gasteiger partial charge in [0.2, 0.25) is 0 Å². The average Bonchev–Trinajstić information content (AvgIpc) is 3.81. The zero-order valence-corrected chi connectivity index (χ0v) is 51.0. The Kier molecular flexibility index (Phi) is 18.2. The number of hydrogen-bond acceptors (Lipinski definition) is 2. The third-order valence-corrected chi connectivity index (χ3v) is 23.4. The summed E-state index contributed by atoms with van der Waals surface area (Å²) in [5.41, 5.74) is 25.4. The molecule has 0 radical (unpaired) electrons. The molecule has 11 rings (SSSR count). The van der Waals surface area contributed by atoms with E-state index in [0.717, 1.165) is 50.9 Å². The van der Waals surface area contributed by atoms with Crippen LogP contribution < -0.4 is 5.32 Å².